The quantitative estimate of drug-likeness (QED) is 0.692. The van der Waals surface area contributed by atoms with Gasteiger partial charge in [0.15, 0.2) is 0 Å². The van der Waals surface area contributed by atoms with E-state index in [1.165, 1.54) is 18.5 Å². The lowest BCUT2D eigenvalue weighted by atomic mass is 10.1. The topological polar surface area (TPSA) is 65.3 Å². The van der Waals surface area contributed by atoms with Crippen molar-refractivity contribution in [1.29, 1.82) is 0 Å². The summed E-state index contributed by atoms with van der Waals surface area (Å²) in [6, 6.07) is 6.41. The molecule has 0 amide bonds. The first-order valence-electron chi connectivity index (χ1n) is 9.64. The van der Waals surface area contributed by atoms with Crippen molar-refractivity contribution in [1.82, 2.24) is 19.7 Å². The molecule has 2 fully saturated rings. The highest BCUT2D eigenvalue weighted by atomic mass is 16.5. The molecule has 0 aromatic carbocycles. The highest BCUT2D eigenvalue weighted by Crippen LogP contribution is 2.36. The molecule has 5 heterocycles. The van der Waals surface area contributed by atoms with Gasteiger partial charge in [-0.3, -0.25) is 4.68 Å². The van der Waals surface area contributed by atoms with Crippen LogP contribution in [0.15, 0.2) is 30.6 Å². The fourth-order valence-corrected chi connectivity index (χ4v) is 3.86. The molecule has 2 aliphatic heterocycles. The van der Waals surface area contributed by atoms with Crippen molar-refractivity contribution < 1.29 is 9.47 Å². The molecule has 3 aromatic rings. The van der Waals surface area contributed by atoms with Crippen molar-refractivity contribution in [3.05, 3.63) is 30.6 Å². The number of pyridine rings is 2. The highest BCUT2D eigenvalue weighted by Gasteiger charge is 2.27. The Morgan fingerprint density at radius 1 is 1.26 bits per heavy atom. The summed E-state index contributed by atoms with van der Waals surface area (Å²) in [5.41, 5.74) is 5.01. The molecular formula is C20H23N5O2. The first-order chi connectivity index (χ1) is 13.3. The van der Waals surface area contributed by atoms with E-state index in [1.807, 2.05) is 25.3 Å². The van der Waals surface area contributed by atoms with Gasteiger partial charge in [-0.25, -0.2) is 9.97 Å². The molecule has 2 saturated heterocycles. The lowest BCUT2D eigenvalue weighted by Gasteiger charge is -2.28. The van der Waals surface area contributed by atoms with Crippen LogP contribution >= 0.6 is 0 Å². The first-order valence-corrected chi connectivity index (χ1v) is 9.64. The number of rotatable bonds is 5. The molecule has 0 spiro atoms. The Balaban J connectivity index is 1.69. The largest absolute Gasteiger partial charge is 0.477 e. The molecule has 0 N–H and O–H groups in total. The number of aromatic nitrogens is 4. The van der Waals surface area contributed by atoms with E-state index >= 15 is 0 Å². The number of hydrogen-bond acceptors (Lipinski definition) is 6. The molecule has 0 unspecified atom stereocenters. The molecule has 0 radical (unpaired) electrons. The monoisotopic (exact) mass is 365 g/mol. The zero-order valence-corrected chi connectivity index (χ0v) is 15.5. The van der Waals surface area contributed by atoms with Crippen LogP contribution in [0.1, 0.15) is 25.8 Å². The van der Waals surface area contributed by atoms with Gasteiger partial charge < -0.3 is 14.4 Å². The summed E-state index contributed by atoms with van der Waals surface area (Å²) in [4.78, 5) is 11.8. The number of anilines is 1. The molecule has 0 bridgehead atoms. The van der Waals surface area contributed by atoms with Gasteiger partial charge in [-0.2, -0.15) is 5.10 Å². The highest BCUT2D eigenvalue weighted by molar-refractivity contribution is 5.92. The van der Waals surface area contributed by atoms with Crippen LogP contribution in [-0.2, 0) is 4.74 Å². The van der Waals surface area contributed by atoms with E-state index < -0.39 is 0 Å². The lowest BCUT2D eigenvalue weighted by Crippen LogP contribution is -2.32. The van der Waals surface area contributed by atoms with E-state index in [0.29, 0.717) is 18.5 Å². The SMILES string of the molecule is CCOc1ncccc1-c1cc(N2CCCC2)c2c(cnn2C2COC2)n1. The van der Waals surface area contributed by atoms with Crippen molar-refractivity contribution in [2.45, 2.75) is 25.8 Å². The third-order valence-corrected chi connectivity index (χ3v) is 5.27. The Bertz CT molecular complexity index is 960. The first kappa shape index (κ1) is 16.5. The van der Waals surface area contributed by atoms with Crippen LogP contribution in [0.5, 0.6) is 5.88 Å². The summed E-state index contributed by atoms with van der Waals surface area (Å²) < 4.78 is 13.2. The number of fused-ring (bicyclic) bond motifs is 1. The summed E-state index contributed by atoms with van der Waals surface area (Å²) in [5, 5.41) is 4.64. The molecule has 2 aliphatic rings. The van der Waals surface area contributed by atoms with Gasteiger partial charge in [0.1, 0.15) is 11.0 Å². The van der Waals surface area contributed by atoms with E-state index in [1.54, 1.807) is 6.20 Å². The summed E-state index contributed by atoms with van der Waals surface area (Å²) >= 11 is 0. The van der Waals surface area contributed by atoms with Crippen molar-refractivity contribution in [3.63, 3.8) is 0 Å². The Morgan fingerprint density at radius 2 is 2.11 bits per heavy atom. The van der Waals surface area contributed by atoms with E-state index in [0.717, 1.165) is 48.6 Å². The van der Waals surface area contributed by atoms with E-state index in [4.69, 9.17) is 14.5 Å². The van der Waals surface area contributed by atoms with Crippen molar-refractivity contribution in [2.75, 3.05) is 37.8 Å². The third-order valence-electron chi connectivity index (χ3n) is 5.27. The van der Waals surface area contributed by atoms with Gasteiger partial charge in [-0.05, 0) is 38.0 Å². The molecule has 3 aromatic heterocycles. The average Bonchev–Trinajstić information content (AvgIpc) is 3.31. The molecule has 27 heavy (non-hydrogen) atoms. The van der Waals surface area contributed by atoms with Crippen molar-refractivity contribution in [3.8, 4) is 17.1 Å². The second-order valence-corrected chi connectivity index (χ2v) is 7.02. The van der Waals surface area contributed by atoms with Crippen LogP contribution in [0.4, 0.5) is 5.69 Å². The minimum absolute atomic E-state index is 0.300. The minimum atomic E-state index is 0.300. The molecule has 7 heteroatoms. The molecule has 0 atom stereocenters. The van der Waals surface area contributed by atoms with Gasteiger partial charge in [0, 0.05) is 19.3 Å². The Kier molecular flexibility index (Phi) is 4.16. The Hall–Kier alpha value is -2.67. The molecule has 140 valence electrons. The zero-order valence-electron chi connectivity index (χ0n) is 15.5. The average molecular weight is 365 g/mol. The van der Waals surface area contributed by atoms with Gasteiger partial charge in [0.05, 0.1) is 49.0 Å². The lowest BCUT2D eigenvalue weighted by molar-refractivity contribution is -0.0266. The third kappa shape index (κ3) is 2.82. The van der Waals surface area contributed by atoms with Crippen molar-refractivity contribution in [2.24, 2.45) is 0 Å². The summed E-state index contributed by atoms with van der Waals surface area (Å²) in [6.45, 7) is 6.11. The Morgan fingerprint density at radius 3 is 2.85 bits per heavy atom. The molecule has 0 saturated carbocycles. The minimum Gasteiger partial charge on any atom is -0.477 e. The van der Waals surface area contributed by atoms with Crippen LogP contribution in [0.3, 0.4) is 0 Å². The van der Waals surface area contributed by atoms with Gasteiger partial charge in [0.25, 0.3) is 0 Å². The fraction of sp³-hybridized carbons (Fsp3) is 0.450. The van der Waals surface area contributed by atoms with Gasteiger partial charge >= 0.3 is 0 Å². The smallest absolute Gasteiger partial charge is 0.222 e. The predicted octanol–water partition coefficient (Wildman–Crippen LogP) is 3.06. The maximum absolute atomic E-state index is 5.74. The second-order valence-electron chi connectivity index (χ2n) is 7.02. The van der Waals surface area contributed by atoms with Gasteiger partial charge in [-0.15, -0.1) is 0 Å². The van der Waals surface area contributed by atoms with E-state index in [9.17, 15) is 0 Å². The molecule has 0 aliphatic carbocycles. The zero-order chi connectivity index (χ0) is 18.2. The number of nitrogens with zero attached hydrogens (tertiary/aromatic N) is 5. The fourth-order valence-electron chi connectivity index (χ4n) is 3.86. The van der Waals surface area contributed by atoms with Crippen LogP contribution in [-0.4, -0.2) is 52.7 Å². The molecular weight excluding hydrogens is 342 g/mol. The number of hydrogen-bond donors (Lipinski definition) is 0. The van der Waals surface area contributed by atoms with E-state index in [-0.39, 0.29) is 0 Å². The van der Waals surface area contributed by atoms with E-state index in [2.05, 4.69) is 25.7 Å². The van der Waals surface area contributed by atoms with Crippen molar-refractivity contribution >= 4 is 16.7 Å². The predicted molar refractivity (Wildman–Crippen MR) is 103 cm³/mol. The standard InChI is InChI=1S/C20H23N5O2/c1-2-27-20-15(6-5-7-21-20)16-10-18(24-8-3-4-9-24)19-17(23-16)11-22-25(19)14-12-26-13-14/h5-7,10-11,14H,2-4,8-9,12-13H2,1H3. The number of ether oxygens (including phenoxy) is 2. The van der Waals surface area contributed by atoms with Crippen LogP contribution in [0, 0.1) is 0 Å². The molecule has 5 rings (SSSR count). The van der Waals surface area contributed by atoms with Crippen LogP contribution in [0.2, 0.25) is 0 Å². The summed E-state index contributed by atoms with van der Waals surface area (Å²) in [6.07, 6.45) is 6.06. The maximum atomic E-state index is 5.74. The normalized spacial score (nSPS) is 17.4. The Labute approximate surface area is 157 Å². The molecule has 7 nitrogen and oxygen atoms in total. The maximum Gasteiger partial charge on any atom is 0.222 e. The van der Waals surface area contributed by atoms with Crippen LogP contribution in [0.25, 0.3) is 22.3 Å². The summed E-state index contributed by atoms with van der Waals surface area (Å²) in [7, 11) is 0. The second kappa shape index (κ2) is 6.81. The van der Waals surface area contributed by atoms with Gasteiger partial charge in [-0.1, -0.05) is 0 Å². The van der Waals surface area contributed by atoms with Crippen LogP contribution < -0.4 is 9.64 Å². The van der Waals surface area contributed by atoms with Gasteiger partial charge in [0.2, 0.25) is 5.88 Å². The summed E-state index contributed by atoms with van der Waals surface area (Å²) in [5.74, 6) is 0.624.